The van der Waals surface area contributed by atoms with Gasteiger partial charge in [-0.15, -0.1) is 0 Å². The van der Waals surface area contributed by atoms with E-state index < -0.39 is 49.3 Å². The van der Waals surface area contributed by atoms with E-state index in [4.69, 9.17) is 10.2 Å². The Morgan fingerprint density at radius 3 is 1.90 bits per heavy atom. The lowest BCUT2D eigenvalue weighted by molar-refractivity contribution is -0.135. The van der Waals surface area contributed by atoms with Crippen LogP contribution in [0, 0.1) is 0 Å². The second-order valence-corrected chi connectivity index (χ2v) is 9.95. The first-order chi connectivity index (χ1) is 13.9. The van der Waals surface area contributed by atoms with Gasteiger partial charge in [0.2, 0.25) is 10.0 Å². The fourth-order valence-corrected chi connectivity index (χ4v) is 4.89. The van der Waals surface area contributed by atoms with Crippen molar-refractivity contribution in [2.45, 2.75) is 9.79 Å². The van der Waals surface area contributed by atoms with Crippen LogP contribution in [0.3, 0.4) is 0 Å². The molecule has 11 nitrogen and oxygen atoms in total. The first-order valence-corrected chi connectivity index (χ1v) is 11.0. The largest absolute Gasteiger partial charge is 0.480 e. The molecule has 0 saturated heterocycles. The molecule has 0 bridgehead atoms. The second-order valence-electron chi connectivity index (χ2n) is 6.22. The summed E-state index contributed by atoms with van der Waals surface area (Å²) in [6.45, 7) is -0.841. The third-order valence-corrected chi connectivity index (χ3v) is 7.54. The summed E-state index contributed by atoms with van der Waals surface area (Å²) in [5.41, 5.74) is 0.680. The van der Waals surface area contributed by atoms with E-state index in [9.17, 15) is 31.2 Å². The van der Waals surface area contributed by atoms with Gasteiger partial charge in [0.05, 0.1) is 9.79 Å². The van der Waals surface area contributed by atoms with Gasteiger partial charge in [-0.3, -0.25) is 9.59 Å². The van der Waals surface area contributed by atoms with Crippen LogP contribution in [0.5, 0.6) is 0 Å². The summed E-state index contributed by atoms with van der Waals surface area (Å²) < 4.78 is 51.1. The quantitative estimate of drug-likeness (QED) is 0.480. The minimum absolute atomic E-state index is 0.00987. The molecule has 0 aromatic heterocycles. The minimum atomic E-state index is -4.40. The lowest BCUT2D eigenvalue weighted by Gasteiger charge is -2.14. The van der Waals surface area contributed by atoms with Crippen LogP contribution in [0.15, 0.2) is 46.2 Å². The number of hydrogen-bond acceptors (Lipinski definition) is 7. The van der Waals surface area contributed by atoms with E-state index in [0.29, 0.717) is 11.1 Å². The summed E-state index contributed by atoms with van der Waals surface area (Å²) in [6.07, 6.45) is -1.70. The molecule has 0 unspecified atom stereocenters. The molecule has 0 heterocycles. The van der Waals surface area contributed by atoms with Gasteiger partial charge in [-0.05, 0) is 35.4 Å². The average Bonchev–Trinajstić information content (AvgIpc) is 2.97. The van der Waals surface area contributed by atoms with Crippen molar-refractivity contribution in [1.82, 2.24) is 9.03 Å². The molecular formula is C17H14N2O9S2. The van der Waals surface area contributed by atoms with Crippen LogP contribution in [0.2, 0.25) is 0 Å². The van der Waals surface area contributed by atoms with Gasteiger partial charge in [-0.25, -0.2) is 25.9 Å². The zero-order chi connectivity index (χ0) is 22.4. The first-order valence-electron chi connectivity index (χ1n) is 8.13. The molecule has 3 rings (SSSR count). The Balaban J connectivity index is 2.04. The van der Waals surface area contributed by atoms with Crippen LogP contribution >= 0.6 is 0 Å². The number of benzene rings is 2. The molecule has 0 radical (unpaired) electrons. The fraction of sp³-hybridized carbons (Fsp3) is 0.118. The number of carbonyl (C=O) groups excluding carboxylic acids is 1. The molecule has 0 fully saturated rings. The van der Waals surface area contributed by atoms with E-state index in [2.05, 4.69) is 0 Å². The van der Waals surface area contributed by atoms with Crippen LogP contribution in [-0.2, 0) is 24.8 Å². The van der Waals surface area contributed by atoms with Crippen LogP contribution in [0.25, 0.3) is 11.1 Å². The Morgan fingerprint density at radius 1 is 0.900 bits per heavy atom. The minimum Gasteiger partial charge on any atom is -0.480 e. The highest BCUT2D eigenvalue weighted by atomic mass is 32.2. The number of sulfonamides is 2. The zero-order valence-electron chi connectivity index (χ0n) is 15.2. The van der Waals surface area contributed by atoms with Crippen molar-refractivity contribution in [1.29, 1.82) is 0 Å². The number of nitrogens with one attached hydrogen (secondary N) is 1. The number of fused-ring (bicyclic) bond motifs is 3. The molecule has 1 aliphatic rings. The van der Waals surface area contributed by atoms with Crippen LogP contribution in [-0.4, -0.2) is 62.8 Å². The van der Waals surface area contributed by atoms with E-state index in [0.717, 1.165) is 25.2 Å². The molecule has 0 atom stereocenters. The number of aliphatic carboxylic acids is 1. The number of nitrogens with zero attached hydrogens (tertiary/aromatic N) is 1. The monoisotopic (exact) mass is 454 g/mol. The number of hydrogen-bond donors (Lipinski definition) is 3. The summed E-state index contributed by atoms with van der Waals surface area (Å²) in [6, 6.07) is 7.12. The molecule has 0 spiro atoms. The number of rotatable bonds is 6. The maximum atomic E-state index is 12.8. The number of carboxylic acids is 1. The van der Waals surface area contributed by atoms with Gasteiger partial charge in [-0.1, -0.05) is 12.1 Å². The Hall–Kier alpha value is -3.29. The van der Waals surface area contributed by atoms with E-state index in [-0.39, 0.29) is 20.3 Å². The van der Waals surface area contributed by atoms with Crippen molar-refractivity contribution >= 4 is 37.9 Å². The van der Waals surface area contributed by atoms with Crippen molar-refractivity contribution in [3.63, 3.8) is 0 Å². The molecule has 2 aromatic rings. The summed E-state index contributed by atoms with van der Waals surface area (Å²) in [7, 11) is -7.74. The Labute approximate surface area is 170 Å². The average molecular weight is 454 g/mol. The molecule has 158 valence electrons. The van der Waals surface area contributed by atoms with Gasteiger partial charge in [0.25, 0.3) is 10.0 Å². The van der Waals surface area contributed by atoms with Crippen LogP contribution in [0.1, 0.15) is 15.9 Å². The number of carboxylic acid groups (broad SMARTS) is 2. The van der Waals surface area contributed by atoms with E-state index in [1.165, 1.54) is 18.2 Å². The molecule has 0 saturated carbocycles. The van der Waals surface area contributed by atoms with E-state index in [1.54, 1.807) is 0 Å². The highest BCUT2D eigenvalue weighted by Crippen LogP contribution is 2.39. The van der Waals surface area contributed by atoms with Gasteiger partial charge < -0.3 is 10.2 Å². The fourth-order valence-electron chi connectivity index (χ4n) is 2.87. The predicted octanol–water partition coefficient (Wildman–Crippen LogP) is 0.559. The Morgan fingerprint density at radius 2 is 1.40 bits per heavy atom. The Bertz CT molecular complexity index is 1310. The maximum Gasteiger partial charge on any atom is 0.421 e. The molecular weight excluding hydrogens is 440 g/mol. The number of amides is 1. The van der Waals surface area contributed by atoms with Crippen molar-refractivity contribution < 1.29 is 41.4 Å². The highest BCUT2D eigenvalue weighted by Gasteiger charge is 2.32. The number of ketones is 1. The summed E-state index contributed by atoms with van der Waals surface area (Å²) in [5.74, 6) is -2.03. The van der Waals surface area contributed by atoms with Crippen molar-refractivity contribution in [2.75, 3.05) is 13.6 Å². The molecule has 3 N–H and O–H groups in total. The van der Waals surface area contributed by atoms with Gasteiger partial charge in [0.15, 0.2) is 5.78 Å². The number of carbonyl (C=O) groups is 3. The lowest BCUT2D eigenvalue weighted by Crippen LogP contribution is -2.31. The molecule has 2 aromatic carbocycles. The summed E-state index contributed by atoms with van der Waals surface area (Å²) >= 11 is 0. The van der Waals surface area contributed by atoms with Gasteiger partial charge in [0, 0.05) is 18.2 Å². The molecule has 1 aliphatic carbocycles. The third kappa shape index (κ3) is 3.53. The molecule has 1 amide bonds. The molecule has 13 heteroatoms. The zero-order valence-corrected chi connectivity index (χ0v) is 16.8. The SMILES string of the molecule is CN(C(=O)O)S(=O)(=O)c1ccc2c(c1)C(=O)c1cc(S(=O)(=O)NCC(=O)O)ccc1-2. The molecule has 0 aliphatic heterocycles. The first kappa shape index (κ1) is 21.4. The summed E-state index contributed by atoms with van der Waals surface area (Å²) in [5, 5.41) is 17.6. The topological polar surface area (TPSA) is 175 Å². The third-order valence-electron chi connectivity index (χ3n) is 4.41. The van der Waals surface area contributed by atoms with Crippen molar-refractivity contribution in [3.05, 3.63) is 47.5 Å². The standard InChI is InChI=1S/C17H14N2O9S2/c1-19(17(23)24)30(27,28)10-3-5-12-11-4-2-9(29(25,26)18-8-15(20)21)6-13(11)16(22)14(12)7-10/h2-7,18H,8H2,1H3,(H,20,21)(H,23,24). The second kappa shape index (κ2) is 7.19. The predicted molar refractivity (Wildman–Crippen MR) is 101 cm³/mol. The van der Waals surface area contributed by atoms with Crippen molar-refractivity contribution in [3.8, 4) is 11.1 Å². The van der Waals surface area contributed by atoms with E-state index in [1.807, 2.05) is 4.72 Å². The van der Waals surface area contributed by atoms with E-state index >= 15 is 0 Å². The highest BCUT2D eigenvalue weighted by molar-refractivity contribution is 7.89. The summed E-state index contributed by atoms with van der Waals surface area (Å²) in [4.78, 5) is 33.6. The molecule has 30 heavy (non-hydrogen) atoms. The van der Waals surface area contributed by atoms with Crippen molar-refractivity contribution in [2.24, 2.45) is 0 Å². The van der Waals surface area contributed by atoms with Crippen LogP contribution < -0.4 is 4.72 Å². The lowest BCUT2D eigenvalue weighted by atomic mass is 10.1. The maximum absolute atomic E-state index is 12.8. The van der Waals surface area contributed by atoms with Gasteiger partial charge >= 0.3 is 12.1 Å². The van der Waals surface area contributed by atoms with Gasteiger partial charge in [-0.2, -0.15) is 4.72 Å². The van der Waals surface area contributed by atoms with Crippen LogP contribution in [0.4, 0.5) is 4.79 Å². The normalized spacial score (nSPS) is 12.9. The smallest absolute Gasteiger partial charge is 0.421 e. The van der Waals surface area contributed by atoms with Gasteiger partial charge in [0.1, 0.15) is 6.54 Å². The Kier molecular flexibility index (Phi) is 5.14.